The van der Waals surface area contributed by atoms with Gasteiger partial charge in [-0.2, -0.15) is 0 Å². The van der Waals surface area contributed by atoms with Crippen LogP contribution in [0.2, 0.25) is 0 Å². The maximum Gasteiger partial charge on any atom is 0.348 e. The van der Waals surface area contributed by atoms with Crippen molar-refractivity contribution in [3.05, 3.63) is 12.4 Å². The Hall–Kier alpha value is -0.190. The van der Waals surface area contributed by atoms with E-state index in [-0.39, 0.29) is 13.2 Å². The molecule has 6 heteroatoms. The fraction of sp³-hybridized carbons (Fsp3) is 0.600. The number of hydrogen-bond acceptors (Lipinski definition) is 3. The van der Waals surface area contributed by atoms with E-state index in [0.717, 1.165) is 0 Å². The minimum atomic E-state index is -3.88. The van der Waals surface area contributed by atoms with Gasteiger partial charge in [-0.25, -0.2) is 0 Å². The Bertz CT molecular complexity index is 127. The molecular weight excluding hydrogens is 171 g/mol. The molecule has 0 saturated heterocycles. The molecule has 68 valence electrons. The normalized spacial score (nSPS) is 9.82. The maximum atomic E-state index is 9.58. The highest BCUT2D eigenvalue weighted by atomic mass is 31.2. The van der Waals surface area contributed by atoms with Gasteiger partial charge in [0.05, 0.1) is 0 Å². The van der Waals surface area contributed by atoms with Crippen molar-refractivity contribution in [2.24, 2.45) is 0 Å². The smallest absolute Gasteiger partial charge is 0.348 e. The first-order valence-electron chi connectivity index (χ1n) is 2.88. The molecule has 11 heavy (non-hydrogen) atoms. The molecule has 5 nitrogen and oxygen atoms in total. The van der Waals surface area contributed by atoms with Crippen LogP contribution in [0, 0.1) is 0 Å². The quantitative estimate of drug-likeness (QED) is 0.450. The molecule has 0 saturated carbocycles. The van der Waals surface area contributed by atoms with E-state index >= 15 is 0 Å². The molecule has 0 spiro atoms. The standard InChI is InChI=1S/C3H8O2.C2H5O3P/c4-2-1-3-5;1-2-6(3,4)5/h4-5H,1-3H2;2H,1H2,(H2,3,4,5). The van der Waals surface area contributed by atoms with Crippen molar-refractivity contribution in [2.45, 2.75) is 6.42 Å². The lowest BCUT2D eigenvalue weighted by molar-refractivity contribution is 0.221. The van der Waals surface area contributed by atoms with Crippen molar-refractivity contribution < 1.29 is 24.6 Å². The van der Waals surface area contributed by atoms with E-state index in [9.17, 15) is 4.57 Å². The van der Waals surface area contributed by atoms with Gasteiger partial charge in [0, 0.05) is 19.0 Å². The lowest BCUT2D eigenvalue weighted by Gasteiger charge is -1.87. The second kappa shape index (κ2) is 7.91. The highest BCUT2D eigenvalue weighted by Gasteiger charge is 2.00. The van der Waals surface area contributed by atoms with E-state index in [2.05, 4.69) is 6.58 Å². The van der Waals surface area contributed by atoms with Gasteiger partial charge in [-0.1, -0.05) is 6.58 Å². The highest BCUT2D eigenvalue weighted by Crippen LogP contribution is 2.34. The summed E-state index contributed by atoms with van der Waals surface area (Å²) in [6.45, 7) is 3.06. The van der Waals surface area contributed by atoms with Crippen LogP contribution in [0.3, 0.4) is 0 Å². The Morgan fingerprint density at radius 1 is 1.27 bits per heavy atom. The fourth-order valence-corrected chi connectivity index (χ4v) is 0.0707. The molecule has 0 aromatic rings. The predicted octanol–water partition coefficient (Wildman–Crippen LogP) is -0.331. The Labute approximate surface area is 65.2 Å². The summed E-state index contributed by atoms with van der Waals surface area (Å²) in [4.78, 5) is 15.6. The third-order valence-corrected chi connectivity index (χ3v) is 1.03. The minimum Gasteiger partial charge on any atom is -0.396 e. The van der Waals surface area contributed by atoms with Crippen molar-refractivity contribution in [2.75, 3.05) is 13.2 Å². The number of aliphatic hydroxyl groups excluding tert-OH is 2. The van der Waals surface area contributed by atoms with Crippen LogP contribution in [0.15, 0.2) is 12.4 Å². The van der Waals surface area contributed by atoms with Crippen molar-refractivity contribution in [3.63, 3.8) is 0 Å². The second-order valence-electron chi connectivity index (χ2n) is 1.57. The second-order valence-corrected chi connectivity index (χ2v) is 3.12. The van der Waals surface area contributed by atoms with Gasteiger partial charge < -0.3 is 20.0 Å². The molecular formula is C5H13O5P. The van der Waals surface area contributed by atoms with Crippen LogP contribution in [0.25, 0.3) is 0 Å². The molecule has 0 aliphatic carbocycles. The summed E-state index contributed by atoms with van der Waals surface area (Å²) in [5.74, 6) is 0.604. The summed E-state index contributed by atoms with van der Waals surface area (Å²) >= 11 is 0. The van der Waals surface area contributed by atoms with Crippen LogP contribution < -0.4 is 0 Å². The lowest BCUT2D eigenvalue weighted by atomic mass is 10.5. The molecule has 0 aromatic heterocycles. The number of aliphatic hydroxyl groups is 2. The molecule has 0 radical (unpaired) electrons. The zero-order valence-corrected chi connectivity index (χ0v) is 6.94. The maximum absolute atomic E-state index is 9.58. The summed E-state index contributed by atoms with van der Waals surface area (Å²) in [5, 5.41) is 15.8. The SMILES string of the molecule is C=CP(=O)(O)O.OCCCO. The third kappa shape index (κ3) is 25.9. The highest BCUT2D eigenvalue weighted by molar-refractivity contribution is 7.55. The fourth-order valence-electron chi connectivity index (χ4n) is 0.0707. The molecule has 0 fully saturated rings. The zero-order chi connectivity index (χ0) is 9.33. The van der Waals surface area contributed by atoms with Crippen molar-refractivity contribution in [1.82, 2.24) is 0 Å². The summed E-state index contributed by atoms with van der Waals surface area (Å²) in [7, 11) is -3.88. The Kier molecular flexibility index (Phi) is 9.64. The van der Waals surface area contributed by atoms with Gasteiger partial charge in [-0.3, -0.25) is 4.57 Å². The molecule has 0 aromatic carbocycles. The summed E-state index contributed by atoms with van der Waals surface area (Å²) in [6, 6.07) is 0. The first kappa shape index (κ1) is 13.4. The van der Waals surface area contributed by atoms with Gasteiger partial charge in [0.25, 0.3) is 0 Å². The van der Waals surface area contributed by atoms with E-state index in [0.29, 0.717) is 12.2 Å². The molecule has 0 aliphatic rings. The largest absolute Gasteiger partial charge is 0.396 e. The van der Waals surface area contributed by atoms with Gasteiger partial charge in [0.15, 0.2) is 0 Å². The molecule has 0 heterocycles. The van der Waals surface area contributed by atoms with Crippen LogP contribution in [0.1, 0.15) is 6.42 Å². The number of rotatable bonds is 3. The molecule has 0 amide bonds. The van der Waals surface area contributed by atoms with Gasteiger partial charge in [-0.05, 0) is 6.42 Å². The first-order valence-corrected chi connectivity index (χ1v) is 4.56. The van der Waals surface area contributed by atoms with Crippen molar-refractivity contribution in [1.29, 1.82) is 0 Å². The predicted molar refractivity (Wildman–Crippen MR) is 41.0 cm³/mol. The van der Waals surface area contributed by atoms with Crippen LogP contribution in [-0.4, -0.2) is 33.2 Å². The molecule has 4 N–H and O–H groups in total. The van der Waals surface area contributed by atoms with E-state index in [1.807, 2.05) is 0 Å². The zero-order valence-electron chi connectivity index (χ0n) is 6.05. The molecule has 0 rings (SSSR count). The molecule has 0 atom stereocenters. The van der Waals surface area contributed by atoms with Gasteiger partial charge in [0.1, 0.15) is 0 Å². The first-order chi connectivity index (χ1) is 4.97. The molecule has 0 unspecified atom stereocenters. The Balaban J connectivity index is 0. The number of hydrogen-bond donors (Lipinski definition) is 4. The van der Waals surface area contributed by atoms with E-state index in [4.69, 9.17) is 20.0 Å². The van der Waals surface area contributed by atoms with E-state index in [1.165, 1.54) is 0 Å². The van der Waals surface area contributed by atoms with Gasteiger partial charge >= 0.3 is 7.60 Å². The van der Waals surface area contributed by atoms with Crippen molar-refractivity contribution in [3.8, 4) is 0 Å². The van der Waals surface area contributed by atoms with Crippen LogP contribution in [0.4, 0.5) is 0 Å². The van der Waals surface area contributed by atoms with Gasteiger partial charge in [0.2, 0.25) is 0 Å². The minimum absolute atomic E-state index is 0.0938. The molecule has 0 bridgehead atoms. The average Bonchev–Trinajstić information content (AvgIpc) is 1.90. The van der Waals surface area contributed by atoms with E-state index < -0.39 is 7.60 Å². The summed E-state index contributed by atoms with van der Waals surface area (Å²) in [5.41, 5.74) is 0. The average molecular weight is 184 g/mol. The summed E-state index contributed by atoms with van der Waals surface area (Å²) < 4.78 is 9.58. The van der Waals surface area contributed by atoms with Crippen LogP contribution in [-0.2, 0) is 4.57 Å². The topological polar surface area (TPSA) is 98.0 Å². The lowest BCUT2D eigenvalue weighted by Crippen LogP contribution is -1.85. The van der Waals surface area contributed by atoms with Crippen LogP contribution >= 0.6 is 7.60 Å². The third-order valence-electron chi connectivity index (χ3n) is 0.554. The molecule has 0 aliphatic heterocycles. The Morgan fingerprint density at radius 3 is 1.55 bits per heavy atom. The van der Waals surface area contributed by atoms with Crippen LogP contribution in [0.5, 0.6) is 0 Å². The van der Waals surface area contributed by atoms with Crippen molar-refractivity contribution >= 4 is 7.60 Å². The monoisotopic (exact) mass is 184 g/mol. The Morgan fingerprint density at radius 2 is 1.55 bits per heavy atom. The summed E-state index contributed by atoms with van der Waals surface area (Å²) in [6.07, 6.45) is 0.500. The van der Waals surface area contributed by atoms with E-state index in [1.54, 1.807) is 0 Å². The van der Waals surface area contributed by atoms with Gasteiger partial charge in [-0.15, -0.1) is 0 Å².